The highest BCUT2D eigenvalue weighted by atomic mass is 31.2. The molecule has 330 valence electrons. The minimum Gasteiger partial charge on any atom is -0.462 e. The summed E-state index contributed by atoms with van der Waals surface area (Å²) in [6, 6.07) is 0. The number of allylic oxidation sites excluding steroid dienone is 10. The molecular formula is C46H81O10P. The van der Waals surface area contributed by atoms with Crippen molar-refractivity contribution in [3.05, 3.63) is 60.8 Å². The van der Waals surface area contributed by atoms with E-state index in [2.05, 4.69) is 79.1 Å². The van der Waals surface area contributed by atoms with Gasteiger partial charge in [0.2, 0.25) is 0 Å². The third-order valence-electron chi connectivity index (χ3n) is 9.14. The molecule has 3 atom stereocenters. The lowest BCUT2D eigenvalue weighted by atomic mass is 10.1. The number of esters is 2. The van der Waals surface area contributed by atoms with E-state index in [1.165, 1.54) is 83.5 Å². The van der Waals surface area contributed by atoms with E-state index in [0.717, 1.165) is 57.8 Å². The molecule has 11 heteroatoms. The topological polar surface area (TPSA) is 149 Å². The normalized spacial score (nSPS) is 14.4. The van der Waals surface area contributed by atoms with Gasteiger partial charge in [0, 0.05) is 12.8 Å². The molecular weight excluding hydrogens is 743 g/mol. The fraction of sp³-hybridized carbons (Fsp3) is 0.739. The van der Waals surface area contributed by atoms with Crippen molar-refractivity contribution < 1.29 is 47.8 Å². The number of phosphoric ester groups is 1. The molecule has 0 aromatic carbocycles. The van der Waals surface area contributed by atoms with E-state index in [1.54, 1.807) is 0 Å². The van der Waals surface area contributed by atoms with Crippen LogP contribution < -0.4 is 0 Å². The third-order valence-corrected chi connectivity index (χ3v) is 10.1. The fourth-order valence-corrected chi connectivity index (χ4v) is 6.45. The molecule has 10 nitrogen and oxygen atoms in total. The van der Waals surface area contributed by atoms with Crippen molar-refractivity contribution in [3.8, 4) is 0 Å². The Labute approximate surface area is 346 Å². The van der Waals surface area contributed by atoms with Crippen molar-refractivity contribution in [2.45, 2.75) is 193 Å². The molecule has 0 rings (SSSR count). The number of rotatable bonds is 41. The van der Waals surface area contributed by atoms with Crippen molar-refractivity contribution >= 4 is 19.8 Å². The van der Waals surface area contributed by atoms with Crippen LogP contribution in [0.3, 0.4) is 0 Å². The Morgan fingerprint density at radius 2 is 0.930 bits per heavy atom. The monoisotopic (exact) mass is 825 g/mol. The van der Waals surface area contributed by atoms with Gasteiger partial charge in [-0.3, -0.25) is 18.6 Å². The molecule has 1 unspecified atom stereocenters. The van der Waals surface area contributed by atoms with Crippen LogP contribution in [0.4, 0.5) is 0 Å². The average molecular weight is 825 g/mol. The second-order valence-electron chi connectivity index (χ2n) is 14.7. The Hall–Kier alpha value is -2.33. The number of hydrogen-bond donors (Lipinski definition) is 3. The number of carbonyl (C=O) groups excluding carboxylic acids is 2. The summed E-state index contributed by atoms with van der Waals surface area (Å²) in [5.74, 6) is -0.966. The number of aliphatic hydroxyl groups is 2. The molecule has 0 heterocycles. The number of ether oxygens (including phenoxy) is 2. The SMILES string of the molecule is CCCC/C=C/CCCCCCCCCCCC(=O)O[C@H](COC(=O)CCCCC/C=C/C/C=C/C/C=C/C/C=C/CCCCC)COP(=O)(O)OC[C@@H](O)CO. The lowest BCUT2D eigenvalue weighted by molar-refractivity contribution is -0.161. The Morgan fingerprint density at radius 1 is 0.526 bits per heavy atom. The smallest absolute Gasteiger partial charge is 0.462 e. The van der Waals surface area contributed by atoms with E-state index >= 15 is 0 Å². The van der Waals surface area contributed by atoms with Gasteiger partial charge in [0.05, 0.1) is 19.8 Å². The van der Waals surface area contributed by atoms with Gasteiger partial charge in [-0.1, -0.05) is 152 Å². The molecule has 0 amide bonds. The summed E-state index contributed by atoms with van der Waals surface area (Å²) in [5, 5.41) is 18.3. The number of carbonyl (C=O) groups is 2. The highest BCUT2D eigenvalue weighted by Gasteiger charge is 2.27. The van der Waals surface area contributed by atoms with E-state index in [4.69, 9.17) is 19.1 Å². The standard InChI is InChI=1S/C46H81O10P/c1-3-5-7-9-11-13-15-17-19-20-21-22-24-25-27-29-31-33-35-37-45(49)53-41-44(42-55-57(51,52)54-40-43(48)39-47)56-46(50)38-36-34-32-30-28-26-23-18-16-14-12-10-8-6-4-2/h10-13,17,19,21-22,25,27,43-44,47-48H,3-9,14-16,18,20,23-24,26,28-42H2,1-2H3,(H,51,52)/b12-10+,13-11+,19-17+,22-21+,27-25+/t43-,44+/m0/s1. The van der Waals surface area contributed by atoms with Gasteiger partial charge < -0.3 is 24.6 Å². The van der Waals surface area contributed by atoms with Crippen LogP contribution in [-0.4, -0.2) is 65.7 Å². The summed E-state index contributed by atoms with van der Waals surface area (Å²) in [6.07, 6.45) is 46.1. The first-order valence-electron chi connectivity index (χ1n) is 22.2. The predicted molar refractivity (Wildman–Crippen MR) is 233 cm³/mol. The molecule has 0 aliphatic carbocycles. The summed E-state index contributed by atoms with van der Waals surface area (Å²) in [4.78, 5) is 35.0. The van der Waals surface area contributed by atoms with Crippen molar-refractivity contribution in [2.75, 3.05) is 26.4 Å². The molecule has 57 heavy (non-hydrogen) atoms. The molecule has 0 spiro atoms. The Kier molecular flexibility index (Phi) is 40.1. The molecule has 0 aromatic heterocycles. The summed E-state index contributed by atoms with van der Waals surface area (Å²) in [7, 11) is -4.63. The van der Waals surface area contributed by atoms with Crippen LogP contribution in [0.1, 0.15) is 181 Å². The van der Waals surface area contributed by atoms with E-state index in [1.807, 2.05) is 0 Å². The quantitative estimate of drug-likeness (QED) is 0.0235. The lowest BCUT2D eigenvalue weighted by Crippen LogP contribution is -2.29. The van der Waals surface area contributed by atoms with Crippen LogP contribution in [0.2, 0.25) is 0 Å². The van der Waals surface area contributed by atoms with Crippen molar-refractivity contribution in [1.29, 1.82) is 0 Å². The predicted octanol–water partition coefficient (Wildman–Crippen LogP) is 11.9. The number of hydrogen-bond acceptors (Lipinski definition) is 9. The zero-order valence-electron chi connectivity index (χ0n) is 35.8. The fourth-order valence-electron chi connectivity index (χ4n) is 5.66. The third kappa shape index (κ3) is 41.6. The molecule has 0 aliphatic heterocycles. The van der Waals surface area contributed by atoms with Crippen molar-refractivity contribution in [3.63, 3.8) is 0 Å². The summed E-state index contributed by atoms with van der Waals surface area (Å²) < 4.78 is 32.7. The Bertz CT molecular complexity index is 1130. The van der Waals surface area contributed by atoms with E-state index < -0.39 is 51.8 Å². The number of aliphatic hydroxyl groups excluding tert-OH is 2. The van der Waals surface area contributed by atoms with Crippen LogP contribution in [0.25, 0.3) is 0 Å². The van der Waals surface area contributed by atoms with Gasteiger partial charge in [0.15, 0.2) is 6.10 Å². The van der Waals surface area contributed by atoms with Crippen LogP contribution in [0.5, 0.6) is 0 Å². The number of unbranched alkanes of at least 4 members (excludes halogenated alkanes) is 17. The average Bonchev–Trinajstić information content (AvgIpc) is 3.20. The number of phosphoric acid groups is 1. The van der Waals surface area contributed by atoms with Crippen molar-refractivity contribution in [2.24, 2.45) is 0 Å². The van der Waals surface area contributed by atoms with Crippen LogP contribution in [-0.2, 0) is 32.7 Å². The highest BCUT2D eigenvalue weighted by Crippen LogP contribution is 2.43. The van der Waals surface area contributed by atoms with Crippen LogP contribution in [0.15, 0.2) is 60.8 Å². The van der Waals surface area contributed by atoms with Crippen LogP contribution >= 0.6 is 7.82 Å². The molecule has 0 aromatic rings. The first kappa shape index (κ1) is 54.7. The zero-order valence-corrected chi connectivity index (χ0v) is 36.7. The molecule has 0 radical (unpaired) electrons. The molecule has 0 saturated carbocycles. The maximum absolute atomic E-state index is 12.6. The largest absolute Gasteiger partial charge is 0.472 e. The van der Waals surface area contributed by atoms with Gasteiger partial charge in [-0.25, -0.2) is 4.57 Å². The maximum Gasteiger partial charge on any atom is 0.472 e. The van der Waals surface area contributed by atoms with E-state index in [0.29, 0.717) is 12.8 Å². The first-order chi connectivity index (χ1) is 27.7. The molecule has 0 bridgehead atoms. The first-order valence-corrected chi connectivity index (χ1v) is 23.7. The van der Waals surface area contributed by atoms with E-state index in [9.17, 15) is 24.2 Å². The Balaban J connectivity index is 4.35. The minimum absolute atomic E-state index is 0.172. The Morgan fingerprint density at radius 3 is 1.46 bits per heavy atom. The van der Waals surface area contributed by atoms with Gasteiger partial charge in [-0.2, -0.15) is 0 Å². The molecule has 0 saturated heterocycles. The maximum atomic E-state index is 12.6. The minimum atomic E-state index is -4.63. The highest BCUT2D eigenvalue weighted by molar-refractivity contribution is 7.47. The van der Waals surface area contributed by atoms with Gasteiger partial charge in [-0.05, 0) is 77.0 Å². The summed E-state index contributed by atoms with van der Waals surface area (Å²) in [6.45, 7) is 2.28. The van der Waals surface area contributed by atoms with E-state index in [-0.39, 0.29) is 19.4 Å². The summed E-state index contributed by atoms with van der Waals surface area (Å²) in [5.41, 5.74) is 0. The zero-order chi connectivity index (χ0) is 41.9. The second kappa shape index (κ2) is 41.8. The van der Waals surface area contributed by atoms with Crippen LogP contribution in [0, 0.1) is 0 Å². The van der Waals surface area contributed by atoms with Gasteiger partial charge in [0.25, 0.3) is 0 Å². The molecule has 0 aliphatic rings. The van der Waals surface area contributed by atoms with Gasteiger partial charge in [-0.15, -0.1) is 0 Å². The lowest BCUT2D eigenvalue weighted by Gasteiger charge is -2.20. The molecule has 3 N–H and O–H groups in total. The van der Waals surface area contributed by atoms with Gasteiger partial charge >= 0.3 is 19.8 Å². The summed E-state index contributed by atoms with van der Waals surface area (Å²) >= 11 is 0. The molecule has 0 fully saturated rings. The van der Waals surface area contributed by atoms with Gasteiger partial charge in [0.1, 0.15) is 12.7 Å². The second-order valence-corrected chi connectivity index (χ2v) is 16.2. The van der Waals surface area contributed by atoms with Crippen molar-refractivity contribution in [1.82, 2.24) is 0 Å².